The highest BCUT2D eigenvalue weighted by atomic mass is 19.4. The molecule has 6 rings (SSSR count). The number of amides is 2. The van der Waals surface area contributed by atoms with E-state index in [-0.39, 0.29) is 28.6 Å². The highest BCUT2D eigenvalue weighted by Crippen LogP contribution is 2.49. The van der Waals surface area contributed by atoms with Crippen LogP contribution in [0.25, 0.3) is 22.2 Å². The molecule has 0 unspecified atom stereocenters. The number of nitrogens with two attached hydrogens (primary N) is 1. The summed E-state index contributed by atoms with van der Waals surface area (Å²) in [4.78, 5) is 46.4. The van der Waals surface area contributed by atoms with E-state index >= 15 is 4.39 Å². The van der Waals surface area contributed by atoms with Gasteiger partial charge in [0.25, 0.3) is 11.6 Å². The zero-order valence-corrected chi connectivity index (χ0v) is 24.8. The topological polar surface area (TPSA) is 144 Å². The molecule has 4 aromatic rings. The van der Waals surface area contributed by atoms with Crippen molar-refractivity contribution in [3.8, 4) is 17.0 Å². The number of hydrogen-bond acceptors (Lipinski definition) is 7. The Morgan fingerprint density at radius 3 is 2.45 bits per heavy atom. The second kappa shape index (κ2) is 11.4. The molecule has 4 N–H and O–H groups in total. The van der Waals surface area contributed by atoms with Crippen LogP contribution in [-0.2, 0) is 20.9 Å². The number of alkyl halides is 4. The monoisotopic (exact) mass is 654 g/mol. The third-order valence-corrected chi connectivity index (χ3v) is 8.38. The van der Waals surface area contributed by atoms with Crippen LogP contribution in [0.2, 0.25) is 0 Å². The van der Waals surface area contributed by atoms with Crippen LogP contribution in [0.15, 0.2) is 54.7 Å². The second-order valence-electron chi connectivity index (χ2n) is 11.8. The molecule has 2 amide bonds. The third kappa shape index (κ3) is 5.77. The van der Waals surface area contributed by atoms with Gasteiger partial charge in [0.15, 0.2) is 11.5 Å². The van der Waals surface area contributed by atoms with Crippen LogP contribution in [0.4, 0.5) is 27.6 Å². The standard InChI is InChI=1S/C33H27F5N4O5/c1-16-10-20-11-19(12-23(26(20)40-14-16)41-29(44)18-2-3-18)24(43)8-9-32(46,33(36,37)38)25-13-22-28(47-15-31(22,35)30(39)45)27(42-25)17-4-6-21(34)7-5-17/h4-7,10-14,18,46H,2-3,8-9,15H2,1H3,(H2,39,45)(H,41,44)/t31-,32+/m1/s1. The van der Waals surface area contributed by atoms with Crippen LogP contribution >= 0.6 is 0 Å². The average molecular weight is 655 g/mol. The van der Waals surface area contributed by atoms with Gasteiger partial charge < -0.3 is 20.9 Å². The average Bonchev–Trinajstić information content (AvgIpc) is 3.82. The van der Waals surface area contributed by atoms with Crippen LogP contribution in [0.1, 0.15) is 52.9 Å². The zero-order chi connectivity index (χ0) is 33.9. The molecular weight excluding hydrogens is 627 g/mol. The highest BCUT2D eigenvalue weighted by molar-refractivity contribution is 6.07. The van der Waals surface area contributed by atoms with E-state index in [9.17, 15) is 37.1 Å². The Morgan fingerprint density at radius 1 is 1.11 bits per heavy atom. The first kappa shape index (κ1) is 32.0. The number of ketones is 1. The number of aryl methyl sites for hydroxylation is 1. The summed E-state index contributed by atoms with van der Waals surface area (Å²) in [5, 5.41) is 14.5. The number of primary amides is 1. The number of rotatable bonds is 9. The van der Waals surface area contributed by atoms with Gasteiger partial charge in [-0.05, 0) is 80.3 Å². The van der Waals surface area contributed by atoms with Gasteiger partial charge in [-0.15, -0.1) is 0 Å². The van der Waals surface area contributed by atoms with Gasteiger partial charge in [-0.2, -0.15) is 13.2 Å². The van der Waals surface area contributed by atoms with Crippen molar-refractivity contribution >= 4 is 34.2 Å². The summed E-state index contributed by atoms with van der Waals surface area (Å²) in [6.45, 7) is 0.794. The molecule has 0 saturated heterocycles. The van der Waals surface area contributed by atoms with Crippen molar-refractivity contribution in [1.82, 2.24) is 9.97 Å². The van der Waals surface area contributed by atoms with Gasteiger partial charge in [-0.3, -0.25) is 19.4 Å². The summed E-state index contributed by atoms with van der Waals surface area (Å²) < 4.78 is 79.0. The predicted molar refractivity (Wildman–Crippen MR) is 158 cm³/mol. The highest BCUT2D eigenvalue weighted by Gasteiger charge is 2.58. The molecular formula is C33H27F5N4O5. The van der Waals surface area contributed by atoms with Crippen molar-refractivity contribution in [3.63, 3.8) is 0 Å². The molecule has 14 heteroatoms. The zero-order valence-electron chi connectivity index (χ0n) is 24.8. The fraction of sp³-hybridized carbons (Fsp3) is 0.303. The van der Waals surface area contributed by atoms with Crippen molar-refractivity contribution in [2.24, 2.45) is 11.7 Å². The molecule has 9 nitrogen and oxygen atoms in total. The van der Waals surface area contributed by atoms with E-state index in [4.69, 9.17) is 10.5 Å². The third-order valence-electron chi connectivity index (χ3n) is 8.38. The molecule has 1 aliphatic carbocycles. The number of hydrogen-bond donors (Lipinski definition) is 3. The number of Topliss-reactive ketones (excluding diaryl/α,β-unsaturated/α-hetero) is 1. The number of benzene rings is 2. The van der Waals surface area contributed by atoms with Gasteiger partial charge in [-0.1, -0.05) is 0 Å². The first-order chi connectivity index (χ1) is 22.1. The van der Waals surface area contributed by atoms with Crippen molar-refractivity contribution in [3.05, 3.63) is 82.9 Å². The number of nitrogens with zero attached hydrogens (tertiary/aromatic N) is 2. The number of anilines is 1. The Balaban J connectivity index is 1.40. The first-order valence-electron chi connectivity index (χ1n) is 14.6. The Bertz CT molecular complexity index is 1950. The molecule has 0 radical (unpaired) electrons. The smallest absolute Gasteiger partial charge is 0.422 e. The minimum absolute atomic E-state index is 0.000313. The van der Waals surface area contributed by atoms with Crippen molar-refractivity contribution < 1.29 is 46.2 Å². The lowest BCUT2D eigenvalue weighted by molar-refractivity contribution is -0.270. The molecule has 1 fully saturated rings. The maximum atomic E-state index is 15.8. The van der Waals surface area contributed by atoms with E-state index in [2.05, 4.69) is 15.3 Å². The quantitative estimate of drug-likeness (QED) is 0.159. The number of pyridine rings is 2. The molecule has 244 valence electrons. The summed E-state index contributed by atoms with van der Waals surface area (Å²) in [6, 6.07) is 9.28. The minimum Gasteiger partial charge on any atom is -0.487 e. The fourth-order valence-electron chi connectivity index (χ4n) is 5.49. The molecule has 2 atom stereocenters. The van der Waals surface area contributed by atoms with Crippen LogP contribution in [0.5, 0.6) is 5.75 Å². The summed E-state index contributed by atoms with van der Waals surface area (Å²) in [7, 11) is 0. The van der Waals surface area contributed by atoms with E-state index in [0.717, 1.165) is 29.8 Å². The van der Waals surface area contributed by atoms with E-state index in [1.165, 1.54) is 12.1 Å². The van der Waals surface area contributed by atoms with E-state index in [0.29, 0.717) is 29.8 Å². The number of aliphatic hydroxyl groups is 1. The summed E-state index contributed by atoms with van der Waals surface area (Å²) in [5.41, 5.74) is -2.58. The van der Waals surface area contributed by atoms with E-state index in [1.54, 1.807) is 19.2 Å². The lowest BCUT2D eigenvalue weighted by atomic mass is 9.86. The van der Waals surface area contributed by atoms with Crippen LogP contribution < -0.4 is 15.8 Å². The van der Waals surface area contributed by atoms with Crippen LogP contribution in [-0.4, -0.2) is 45.5 Å². The van der Waals surface area contributed by atoms with Crippen molar-refractivity contribution in [1.29, 1.82) is 0 Å². The van der Waals surface area contributed by atoms with Gasteiger partial charge in [0, 0.05) is 40.6 Å². The maximum absolute atomic E-state index is 15.8. The van der Waals surface area contributed by atoms with Gasteiger partial charge in [0.05, 0.1) is 16.9 Å². The Hall–Kier alpha value is -4.98. The molecule has 3 heterocycles. The Morgan fingerprint density at radius 2 is 1.81 bits per heavy atom. The van der Waals surface area contributed by atoms with Crippen LogP contribution in [0.3, 0.4) is 0 Å². The SMILES string of the molecule is Cc1cnc2c(NC(=O)C3CC3)cc(C(=O)CC[C@](O)(c3cc4c(c(-c5ccc(F)cc5)n3)OC[C@]4(F)C(N)=O)C(F)(F)F)cc2c1. The van der Waals surface area contributed by atoms with E-state index < -0.39 is 77.1 Å². The number of carbonyl (C=O) groups is 3. The predicted octanol–water partition coefficient (Wildman–Crippen LogP) is 5.55. The Labute approximate surface area is 264 Å². The molecule has 1 aliphatic heterocycles. The normalized spacial score (nSPS) is 18.7. The number of aromatic nitrogens is 2. The lowest BCUT2D eigenvalue weighted by Crippen LogP contribution is -2.44. The van der Waals surface area contributed by atoms with E-state index in [1.807, 2.05) is 0 Å². The Kier molecular flexibility index (Phi) is 7.74. The van der Waals surface area contributed by atoms with Gasteiger partial charge in [0.1, 0.15) is 18.1 Å². The molecule has 1 saturated carbocycles. The molecule has 2 aromatic heterocycles. The summed E-state index contributed by atoms with van der Waals surface area (Å²) in [6.07, 6.45) is -4.59. The fourth-order valence-corrected chi connectivity index (χ4v) is 5.49. The van der Waals surface area contributed by atoms with Crippen molar-refractivity contribution in [2.45, 2.75) is 50.1 Å². The number of fused-ring (bicyclic) bond motifs is 2. The number of ether oxygens (including phenoxy) is 1. The molecule has 0 spiro atoms. The molecule has 0 bridgehead atoms. The lowest BCUT2D eigenvalue weighted by Gasteiger charge is -2.31. The van der Waals surface area contributed by atoms with Crippen molar-refractivity contribution in [2.75, 3.05) is 11.9 Å². The summed E-state index contributed by atoms with van der Waals surface area (Å²) in [5.74, 6) is -3.89. The second-order valence-corrected chi connectivity index (χ2v) is 11.8. The minimum atomic E-state index is -5.45. The van der Waals surface area contributed by atoms with Gasteiger partial charge in [-0.25, -0.2) is 13.8 Å². The largest absolute Gasteiger partial charge is 0.487 e. The first-order valence-corrected chi connectivity index (χ1v) is 14.6. The number of nitrogens with one attached hydrogen (secondary N) is 1. The molecule has 2 aromatic carbocycles. The number of carbonyl (C=O) groups excluding carboxylic acids is 3. The maximum Gasteiger partial charge on any atom is 0.422 e. The van der Waals surface area contributed by atoms with Gasteiger partial charge >= 0.3 is 6.18 Å². The molecule has 2 aliphatic rings. The van der Waals surface area contributed by atoms with Crippen LogP contribution in [0, 0.1) is 18.7 Å². The number of halogens is 5. The summed E-state index contributed by atoms with van der Waals surface area (Å²) >= 11 is 0. The van der Waals surface area contributed by atoms with Gasteiger partial charge in [0.2, 0.25) is 11.5 Å². The molecule has 47 heavy (non-hydrogen) atoms.